The van der Waals surface area contributed by atoms with Crippen molar-refractivity contribution in [3.05, 3.63) is 89.6 Å². The molecule has 7 heteroatoms. The van der Waals surface area contributed by atoms with Crippen molar-refractivity contribution in [2.45, 2.75) is 19.0 Å². The van der Waals surface area contributed by atoms with Gasteiger partial charge >= 0.3 is 6.18 Å². The maximum absolute atomic E-state index is 13.5. The van der Waals surface area contributed by atoms with Crippen LogP contribution in [-0.4, -0.2) is 28.8 Å². The fourth-order valence-corrected chi connectivity index (χ4v) is 4.22. The average molecular weight is 447 g/mol. The summed E-state index contributed by atoms with van der Waals surface area (Å²) in [7, 11) is 0. The summed E-state index contributed by atoms with van der Waals surface area (Å²) in [6.07, 6.45) is -0.504. The monoisotopic (exact) mass is 447 g/mol. The van der Waals surface area contributed by atoms with Gasteiger partial charge in [0.15, 0.2) is 5.78 Å². The van der Waals surface area contributed by atoms with E-state index < -0.39 is 11.7 Å². The second kappa shape index (κ2) is 8.31. The molecule has 0 bridgehead atoms. The minimum atomic E-state index is -4.49. The highest BCUT2D eigenvalue weighted by molar-refractivity contribution is 6.10. The van der Waals surface area contributed by atoms with Crippen LogP contribution in [0.5, 0.6) is 0 Å². The summed E-state index contributed by atoms with van der Waals surface area (Å²) < 4.78 is 40.4. The van der Waals surface area contributed by atoms with Gasteiger partial charge in [0, 0.05) is 24.2 Å². The fraction of sp³-hybridized carbons (Fsp3) is 0.192. The molecule has 4 nitrogen and oxygen atoms in total. The first-order valence-corrected chi connectivity index (χ1v) is 10.7. The predicted octanol–water partition coefficient (Wildman–Crippen LogP) is 6.15. The van der Waals surface area contributed by atoms with E-state index in [-0.39, 0.29) is 11.3 Å². The van der Waals surface area contributed by atoms with E-state index in [1.807, 2.05) is 0 Å². The summed E-state index contributed by atoms with van der Waals surface area (Å²) in [4.78, 5) is 24.5. The zero-order valence-corrected chi connectivity index (χ0v) is 17.6. The van der Waals surface area contributed by atoms with Gasteiger partial charge in [-0.3, -0.25) is 9.78 Å². The van der Waals surface area contributed by atoms with Gasteiger partial charge in [0.1, 0.15) is 5.82 Å². The Labute approximate surface area is 188 Å². The number of halogens is 3. The molecule has 0 amide bonds. The molecule has 0 N–H and O–H groups in total. The predicted molar refractivity (Wildman–Crippen MR) is 121 cm³/mol. The lowest BCUT2D eigenvalue weighted by Gasteiger charge is -2.16. The average Bonchev–Trinajstić information content (AvgIpc) is 3.37. The molecule has 0 atom stereocenters. The van der Waals surface area contributed by atoms with Crippen molar-refractivity contribution >= 4 is 22.6 Å². The molecule has 0 spiro atoms. The van der Waals surface area contributed by atoms with Crippen LogP contribution in [0, 0.1) is 0 Å². The smallest absolute Gasteiger partial charge is 0.355 e. The standard InChI is InChI=1S/C26H20F3N3O/c27-26(28,29)21-9-2-1-8-20(21)17-6-5-7-18(14-17)25(33)19-10-11-22-23(15-19)31-24(16-30-22)32-12-3-4-13-32/h1-2,5-11,14-16H,3-4,12-13H2. The Hall–Kier alpha value is -3.74. The first-order chi connectivity index (χ1) is 15.9. The number of carbonyl (C=O) groups is 1. The Morgan fingerprint density at radius 1 is 0.848 bits per heavy atom. The quantitative estimate of drug-likeness (QED) is 0.352. The molecular weight excluding hydrogens is 427 g/mol. The van der Waals surface area contributed by atoms with Crippen molar-refractivity contribution in [1.82, 2.24) is 9.97 Å². The third-order valence-corrected chi connectivity index (χ3v) is 5.89. The van der Waals surface area contributed by atoms with Gasteiger partial charge in [0.2, 0.25) is 0 Å². The molecule has 1 aromatic heterocycles. The van der Waals surface area contributed by atoms with Gasteiger partial charge in [-0.15, -0.1) is 0 Å². The number of alkyl halides is 3. The van der Waals surface area contributed by atoms with Crippen LogP contribution in [0.2, 0.25) is 0 Å². The van der Waals surface area contributed by atoms with E-state index in [4.69, 9.17) is 0 Å². The molecule has 1 saturated heterocycles. The normalized spacial score (nSPS) is 14.1. The number of rotatable bonds is 4. The van der Waals surface area contributed by atoms with Crippen LogP contribution in [0.25, 0.3) is 22.2 Å². The Bertz CT molecular complexity index is 1340. The molecule has 4 aromatic rings. The fourth-order valence-electron chi connectivity index (χ4n) is 4.22. The molecule has 1 aliphatic heterocycles. The lowest BCUT2D eigenvalue weighted by Crippen LogP contribution is -2.19. The third-order valence-electron chi connectivity index (χ3n) is 5.89. The van der Waals surface area contributed by atoms with Crippen LogP contribution >= 0.6 is 0 Å². The van der Waals surface area contributed by atoms with Crippen LogP contribution < -0.4 is 4.90 Å². The molecule has 0 unspecified atom stereocenters. The molecule has 1 fully saturated rings. The Morgan fingerprint density at radius 2 is 1.61 bits per heavy atom. The number of nitrogens with zero attached hydrogens (tertiary/aromatic N) is 3. The van der Waals surface area contributed by atoms with Crippen molar-refractivity contribution in [2.24, 2.45) is 0 Å². The van der Waals surface area contributed by atoms with Crippen molar-refractivity contribution in [3.8, 4) is 11.1 Å². The van der Waals surface area contributed by atoms with Gasteiger partial charge in [-0.05, 0) is 54.3 Å². The molecule has 0 aliphatic carbocycles. The van der Waals surface area contributed by atoms with Crippen LogP contribution in [0.1, 0.15) is 34.3 Å². The van der Waals surface area contributed by atoms with E-state index in [1.165, 1.54) is 18.2 Å². The van der Waals surface area contributed by atoms with Gasteiger partial charge in [-0.2, -0.15) is 13.2 Å². The number of ketones is 1. The molecule has 2 heterocycles. The highest BCUT2D eigenvalue weighted by Crippen LogP contribution is 2.37. The van der Waals surface area contributed by atoms with E-state index in [1.54, 1.807) is 48.7 Å². The second-order valence-corrected chi connectivity index (χ2v) is 8.08. The first-order valence-electron chi connectivity index (χ1n) is 10.7. The molecule has 1 aliphatic rings. The number of hydrogen-bond acceptors (Lipinski definition) is 4. The Kier molecular flexibility index (Phi) is 5.32. The van der Waals surface area contributed by atoms with Crippen LogP contribution in [0.4, 0.5) is 19.0 Å². The maximum Gasteiger partial charge on any atom is 0.417 e. The van der Waals surface area contributed by atoms with E-state index in [2.05, 4.69) is 14.9 Å². The zero-order valence-electron chi connectivity index (χ0n) is 17.6. The summed E-state index contributed by atoms with van der Waals surface area (Å²) >= 11 is 0. The highest BCUT2D eigenvalue weighted by atomic mass is 19.4. The largest absolute Gasteiger partial charge is 0.417 e. The molecule has 0 saturated carbocycles. The lowest BCUT2D eigenvalue weighted by atomic mass is 9.95. The Balaban J connectivity index is 1.50. The molecular formula is C26H20F3N3O. The van der Waals surface area contributed by atoms with Crippen LogP contribution in [0.15, 0.2) is 72.9 Å². The number of hydrogen-bond donors (Lipinski definition) is 0. The van der Waals surface area contributed by atoms with Crippen molar-refractivity contribution in [1.29, 1.82) is 0 Å². The zero-order chi connectivity index (χ0) is 23.0. The number of fused-ring (bicyclic) bond motifs is 1. The minimum absolute atomic E-state index is 0.0410. The minimum Gasteiger partial charge on any atom is -0.355 e. The highest BCUT2D eigenvalue weighted by Gasteiger charge is 2.33. The Morgan fingerprint density at radius 3 is 2.39 bits per heavy atom. The van der Waals surface area contributed by atoms with Gasteiger partial charge in [0.25, 0.3) is 0 Å². The summed E-state index contributed by atoms with van der Waals surface area (Å²) in [5.41, 5.74) is 1.67. The maximum atomic E-state index is 13.5. The lowest BCUT2D eigenvalue weighted by molar-refractivity contribution is -0.137. The molecule has 3 aromatic carbocycles. The molecule has 0 radical (unpaired) electrons. The SMILES string of the molecule is O=C(c1cccc(-c2ccccc2C(F)(F)F)c1)c1ccc2ncc(N3CCCC3)nc2c1. The summed E-state index contributed by atoms with van der Waals surface area (Å²) in [6.45, 7) is 1.87. The molecule has 33 heavy (non-hydrogen) atoms. The first kappa shape index (κ1) is 21.1. The molecule has 5 rings (SSSR count). The van der Waals surface area contributed by atoms with Gasteiger partial charge in [-0.1, -0.05) is 36.4 Å². The van der Waals surface area contributed by atoms with E-state index in [0.29, 0.717) is 27.7 Å². The van der Waals surface area contributed by atoms with E-state index >= 15 is 0 Å². The van der Waals surface area contributed by atoms with Crippen LogP contribution in [-0.2, 0) is 6.18 Å². The summed E-state index contributed by atoms with van der Waals surface area (Å²) in [6, 6.07) is 16.8. The van der Waals surface area contributed by atoms with Crippen molar-refractivity contribution < 1.29 is 18.0 Å². The number of anilines is 1. The number of benzene rings is 3. The number of carbonyl (C=O) groups excluding carboxylic acids is 1. The van der Waals surface area contributed by atoms with Gasteiger partial charge in [-0.25, -0.2) is 4.98 Å². The topological polar surface area (TPSA) is 46.1 Å². The summed E-state index contributed by atoms with van der Waals surface area (Å²) in [5, 5.41) is 0. The van der Waals surface area contributed by atoms with Crippen molar-refractivity contribution in [3.63, 3.8) is 0 Å². The molecule has 166 valence electrons. The van der Waals surface area contributed by atoms with Gasteiger partial charge in [0.05, 0.1) is 22.8 Å². The second-order valence-electron chi connectivity index (χ2n) is 8.08. The van der Waals surface area contributed by atoms with E-state index in [9.17, 15) is 18.0 Å². The van der Waals surface area contributed by atoms with E-state index in [0.717, 1.165) is 37.8 Å². The number of aromatic nitrogens is 2. The van der Waals surface area contributed by atoms with Crippen LogP contribution in [0.3, 0.4) is 0 Å². The third kappa shape index (κ3) is 4.18. The van der Waals surface area contributed by atoms with Crippen molar-refractivity contribution in [2.75, 3.05) is 18.0 Å². The summed E-state index contributed by atoms with van der Waals surface area (Å²) in [5.74, 6) is 0.506. The van der Waals surface area contributed by atoms with Gasteiger partial charge < -0.3 is 4.90 Å².